The molecule has 1 rings (SSSR count). The molecule has 70 valence electrons. The van der Waals surface area contributed by atoms with Gasteiger partial charge in [0.15, 0.2) is 0 Å². The first-order valence-corrected chi connectivity index (χ1v) is 4.56. The Bertz CT molecular complexity index is 198. The molecule has 2 heteroatoms. The summed E-state index contributed by atoms with van der Waals surface area (Å²) in [6.45, 7) is 11.9. The van der Waals surface area contributed by atoms with E-state index in [0.717, 1.165) is 12.3 Å². The first-order valence-electron chi connectivity index (χ1n) is 4.56. The predicted molar refractivity (Wildman–Crippen MR) is 50.4 cm³/mol. The Morgan fingerprint density at radius 2 is 1.92 bits per heavy atom. The fourth-order valence-electron chi connectivity index (χ4n) is 1.44. The maximum atomic E-state index is 5.38. The van der Waals surface area contributed by atoms with Gasteiger partial charge in [-0.25, -0.2) is 0 Å². The molecule has 0 bridgehead atoms. The van der Waals surface area contributed by atoms with Gasteiger partial charge in [0.2, 0.25) is 0 Å². The first kappa shape index (κ1) is 9.59. The summed E-state index contributed by atoms with van der Waals surface area (Å²) < 4.78 is 0. The maximum Gasteiger partial charge on any atom is 0.127 e. The highest BCUT2D eigenvalue weighted by Gasteiger charge is 2.28. The predicted octanol–water partition coefficient (Wildman–Crippen LogP) is 2.48. The van der Waals surface area contributed by atoms with Crippen molar-refractivity contribution in [3.8, 4) is 0 Å². The van der Waals surface area contributed by atoms with Crippen molar-refractivity contribution in [2.75, 3.05) is 6.54 Å². The second kappa shape index (κ2) is 3.09. The number of nitrogens with one attached hydrogen (secondary N) is 1. The van der Waals surface area contributed by atoms with Crippen LogP contribution in [0.5, 0.6) is 0 Å². The normalized spacial score (nSPS) is 18.8. The van der Waals surface area contributed by atoms with Crippen LogP contribution in [0.4, 0.5) is 0 Å². The summed E-state index contributed by atoms with van der Waals surface area (Å²) in [7, 11) is 0. The third kappa shape index (κ3) is 1.81. The van der Waals surface area contributed by atoms with Gasteiger partial charge in [0.1, 0.15) is 5.76 Å². The molecule has 1 N–H and O–H groups in total. The number of hydrogen-bond donors (Lipinski definition) is 1. The fourth-order valence-corrected chi connectivity index (χ4v) is 1.44. The lowest BCUT2D eigenvalue weighted by Gasteiger charge is -2.20. The standard InChI is InChI=1S/C10H19NO/c1-7(2)9-8(6-11-12-9)10(3,4)5/h7,11H,6H2,1-5H3. The van der Waals surface area contributed by atoms with Crippen molar-refractivity contribution in [3.63, 3.8) is 0 Å². The Morgan fingerprint density at radius 1 is 1.33 bits per heavy atom. The van der Waals surface area contributed by atoms with Gasteiger partial charge >= 0.3 is 0 Å². The monoisotopic (exact) mass is 169 g/mol. The van der Waals surface area contributed by atoms with E-state index >= 15 is 0 Å². The van der Waals surface area contributed by atoms with Gasteiger partial charge in [-0.1, -0.05) is 34.6 Å². The average molecular weight is 169 g/mol. The minimum atomic E-state index is 0.225. The lowest BCUT2D eigenvalue weighted by molar-refractivity contribution is 0.120. The van der Waals surface area contributed by atoms with E-state index in [4.69, 9.17) is 4.84 Å². The zero-order valence-corrected chi connectivity index (χ0v) is 8.69. The third-order valence-corrected chi connectivity index (χ3v) is 2.16. The van der Waals surface area contributed by atoms with E-state index in [2.05, 4.69) is 40.1 Å². The smallest absolute Gasteiger partial charge is 0.127 e. The highest BCUT2D eigenvalue weighted by molar-refractivity contribution is 5.21. The molecular formula is C10H19NO. The van der Waals surface area contributed by atoms with E-state index in [0.29, 0.717) is 5.92 Å². The molecule has 1 aliphatic rings. The molecule has 0 atom stereocenters. The zero-order chi connectivity index (χ0) is 9.35. The number of rotatable bonds is 1. The van der Waals surface area contributed by atoms with Crippen molar-refractivity contribution >= 4 is 0 Å². The van der Waals surface area contributed by atoms with Gasteiger partial charge in [0, 0.05) is 5.92 Å². The Labute approximate surface area is 74.9 Å². The molecule has 0 aromatic rings. The molecule has 0 saturated heterocycles. The van der Waals surface area contributed by atoms with Crippen LogP contribution in [0, 0.1) is 11.3 Å². The van der Waals surface area contributed by atoms with E-state index in [9.17, 15) is 0 Å². The van der Waals surface area contributed by atoms with Crippen LogP contribution < -0.4 is 5.48 Å². The molecule has 0 aromatic carbocycles. The van der Waals surface area contributed by atoms with Crippen LogP contribution in [-0.2, 0) is 4.84 Å². The lowest BCUT2D eigenvalue weighted by Crippen LogP contribution is -2.16. The lowest BCUT2D eigenvalue weighted by atomic mass is 9.84. The van der Waals surface area contributed by atoms with Crippen molar-refractivity contribution in [2.45, 2.75) is 34.6 Å². The van der Waals surface area contributed by atoms with Gasteiger partial charge in [0.25, 0.3) is 0 Å². The number of hydrogen-bond acceptors (Lipinski definition) is 2. The first-order chi connectivity index (χ1) is 5.43. The highest BCUT2D eigenvalue weighted by Crippen LogP contribution is 2.33. The van der Waals surface area contributed by atoms with Gasteiger partial charge in [-0.3, -0.25) is 0 Å². The Balaban J connectivity index is 2.92. The molecule has 0 saturated carbocycles. The molecule has 0 aromatic heterocycles. The van der Waals surface area contributed by atoms with Crippen LogP contribution in [0.15, 0.2) is 11.3 Å². The molecule has 0 spiro atoms. The Hall–Kier alpha value is -0.500. The maximum absolute atomic E-state index is 5.38. The second-order valence-electron chi connectivity index (χ2n) is 4.67. The van der Waals surface area contributed by atoms with Crippen LogP contribution in [0.3, 0.4) is 0 Å². The molecule has 0 unspecified atom stereocenters. The van der Waals surface area contributed by atoms with Crippen molar-refractivity contribution in [1.29, 1.82) is 0 Å². The van der Waals surface area contributed by atoms with E-state index < -0.39 is 0 Å². The molecule has 1 aliphatic heterocycles. The minimum Gasteiger partial charge on any atom is -0.413 e. The van der Waals surface area contributed by atoms with E-state index in [1.54, 1.807) is 0 Å². The van der Waals surface area contributed by atoms with Crippen LogP contribution in [0.1, 0.15) is 34.6 Å². The SMILES string of the molecule is CC(C)C1=C(C(C)(C)C)CNO1. The minimum absolute atomic E-state index is 0.225. The van der Waals surface area contributed by atoms with Gasteiger partial charge in [-0.15, -0.1) is 0 Å². The van der Waals surface area contributed by atoms with Gasteiger partial charge in [0.05, 0.1) is 6.54 Å². The fraction of sp³-hybridized carbons (Fsp3) is 0.800. The zero-order valence-electron chi connectivity index (χ0n) is 8.69. The van der Waals surface area contributed by atoms with Crippen molar-refractivity contribution in [3.05, 3.63) is 11.3 Å². The molecule has 0 radical (unpaired) electrons. The van der Waals surface area contributed by atoms with Crippen molar-refractivity contribution < 1.29 is 4.84 Å². The largest absolute Gasteiger partial charge is 0.413 e. The van der Waals surface area contributed by atoms with Crippen LogP contribution in [-0.4, -0.2) is 6.54 Å². The molecule has 0 aliphatic carbocycles. The average Bonchev–Trinajstić information content (AvgIpc) is 2.30. The highest BCUT2D eigenvalue weighted by atomic mass is 16.7. The topological polar surface area (TPSA) is 21.3 Å². The van der Waals surface area contributed by atoms with Gasteiger partial charge < -0.3 is 4.84 Å². The summed E-state index contributed by atoms with van der Waals surface area (Å²) in [6.07, 6.45) is 0. The Morgan fingerprint density at radius 3 is 2.25 bits per heavy atom. The molecule has 1 heterocycles. The quantitative estimate of drug-likeness (QED) is 0.651. The summed E-state index contributed by atoms with van der Waals surface area (Å²) in [6, 6.07) is 0. The summed E-state index contributed by atoms with van der Waals surface area (Å²) >= 11 is 0. The number of allylic oxidation sites excluding steroid dienone is 1. The van der Waals surface area contributed by atoms with Crippen LogP contribution >= 0.6 is 0 Å². The van der Waals surface area contributed by atoms with Crippen molar-refractivity contribution in [1.82, 2.24) is 5.48 Å². The third-order valence-electron chi connectivity index (χ3n) is 2.16. The summed E-state index contributed by atoms with van der Waals surface area (Å²) in [5.41, 5.74) is 4.56. The molecule has 12 heavy (non-hydrogen) atoms. The molecule has 0 amide bonds. The summed E-state index contributed by atoms with van der Waals surface area (Å²) in [5.74, 6) is 1.61. The van der Waals surface area contributed by atoms with Crippen molar-refractivity contribution in [2.24, 2.45) is 11.3 Å². The molecule has 2 nitrogen and oxygen atoms in total. The summed E-state index contributed by atoms with van der Waals surface area (Å²) in [5, 5.41) is 0. The van der Waals surface area contributed by atoms with E-state index in [1.165, 1.54) is 5.57 Å². The molecule has 0 fully saturated rings. The molecular weight excluding hydrogens is 150 g/mol. The van der Waals surface area contributed by atoms with Gasteiger partial charge in [-0.2, -0.15) is 5.48 Å². The van der Waals surface area contributed by atoms with Crippen LogP contribution in [0.25, 0.3) is 0 Å². The second-order valence-corrected chi connectivity index (χ2v) is 4.67. The van der Waals surface area contributed by atoms with E-state index in [1.807, 2.05) is 0 Å². The number of hydroxylamine groups is 1. The van der Waals surface area contributed by atoms with Crippen LogP contribution in [0.2, 0.25) is 0 Å². The van der Waals surface area contributed by atoms with Gasteiger partial charge in [-0.05, 0) is 11.0 Å². The van der Waals surface area contributed by atoms with E-state index in [-0.39, 0.29) is 5.41 Å². The Kier molecular flexibility index (Phi) is 2.47. The summed E-state index contributed by atoms with van der Waals surface area (Å²) in [4.78, 5) is 5.38.